The van der Waals surface area contributed by atoms with Crippen molar-refractivity contribution in [2.75, 3.05) is 13.1 Å². The molecule has 1 saturated heterocycles. The highest BCUT2D eigenvalue weighted by molar-refractivity contribution is 6.32. The summed E-state index contributed by atoms with van der Waals surface area (Å²) < 4.78 is 8.00. The molecule has 0 N–H and O–H groups in total. The number of nitrogens with zero attached hydrogens (tertiary/aromatic N) is 3. The number of imidazole rings is 1. The highest BCUT2D eigenvalue weighted by Crippen LogP contribution is 2.33. The molecule has 1 fully saturated rings. The third-order valence-corrected chi connectivity index (χ3v) is 5.44. The van der Waals surface area contributed by atoms with E-state index in [1.807, 2.05) is 30.5 Å². The molecular formula is C22H22ClN3O2. The standard InChI is InChI=1S/C22H22ClN3O2/c1-25-20(13-24-21(25)14-26-11-2-3-12-26)16-7-9-18(10-8-16)28-22-17(15-27)5-4-6-19(22)23/h4-10,13,15H,2-3,11-12,14H2,1H3. The number of aromatic nitrogens is 2. The first kappa shape index (κ1) is 18.7. The molecule has 0 amide bonds. The molecule has 1 aromatic heterocycles. The van der Waals surface area contributed by atoms with Gasteiger partial charge in [-0.1, -0.05) is 17.7 Å². The van der Waals surface area contributed by atoms with Crippen molar-refractivity contribution in [3.05, 3.63) is 65.1 Å². The van der Waals surface area contributed by atoms with E-state index < -0.39 is 0 Å². The number of benzene rings is 2. The summed E-state index contributed by atoms with van der Waals surface area (Å²) in [5.41, 5.74) is 2.55. The second-order valence-corrected chi connectivity index (χ2v) is 7.41. The molecule has 28 heavy (non-hydrogen) atoms. The smallest absolute Gasteiger partial charge is 0.156 e. The third kappa shape index (κ3) is 3.81. The molecule has 0 spiro atoms. The minimum Gasteiger partial charge on any atom is -0.455 e. The van der Waals surface area contributed by atoms with Gasteiger partial charge in [0.2, 0.25) is 0 Å². The lowest BCUT2D eigenvalue weighted by Gasteiger charge is -2.14. The molecule has 1 aliphatic heterocycles. The fourth-order valence-electron chi connectivity index (χ4n) is 3.54. The Morgan fingerprint density at radius 2 is 1.89 bits per heavy atom. The van der Waals surface area contributed by atoms with Gasteiger partial charge < -0.3 is 9.30 Å². The van der Waals surface area contributed by atoms with Gasteiger partial charge in [-0.3, -0.25) is 9.69 Å². The predicted molar refractivity (Wildman–Crippen MR) is 110 cm³/mol. The van der Waals surface area contributed by atoms with E-state index in [9.17, 15) is 4.79 Å². The molecule has 1 aliphatic rings. The molecule has 0 aliphatic carbocycles. The zero-order chi connectivity index (χ0) is 19.5. The number of para-hydroxylation sites is 1. The van der Waals surface area contributed by atoms with Gasteiger partial charge in [-0.2, -0.15) is 0 Å². The Morgan fingerprint density at radius 1 is 1.14 bits per heavy atom. The number of likely N-dealkylation sites (tertiary alicyclic amines) is 1. The van der Waals surface area contributed by atoms with Crippen molar-refractivity contribution in [3.8, 4) is 22.8 Å². The molecule has 0 bridgehead atoms. The number of aldehydes is 1. The van der Waals surface area contributed by atoms with Gasteiger partial charge in [0.05, 0.1) is 29.0 Å². The van der Waals surface area contributed by atoms with Gasteiger partial charge in [0, 0.05) is 12.6 Å². The van der Waals surface area contributed by atoms with Crippen molar-refractivity contribution in [2.45, 2.75) is 19.4 Å². The third-order valence-electron chi connectivity index (χ3n) is 5.14. The summed E-state index contributed by atoms with van der Waals surface area (Å²) in [6.45, 7) is 3.19. The monoisotopic (exact) mass is 395 g/mol. The van der Waals surface area contributed by atoms with Gasteiger partial charge in [-0.25, -0.2) is 4.98 Å². The van der Waals surface area contributed by atoms with E-state index in [-0.39, 0.29) is 0 Å². The van der Waals surface area contributed by atoms with Gasteiger partial charge in [-0.15, -0.1) is 0 Å². The summed E-state index contributed by atoms with van der Waals surface area (Å²) in [6, 6.07) is 12.8. The number of halogens is 1. The van der Waals surface area contributed by atoms with Crippen molar-refractivity contribution in [3.63, 3.8) is 0 Å². The molecule has 2 aromatic carbocycles. The first-order chi connectivity index (χ1) is 13.7. The topological polar surface area (TPSA) is 47.4 Å². The van der Waals surface area contributed by atoms with Crippen molar-refractivity contribution in [2.24, 2.45) is 7.05 Å². The maximum Gasteiger partial charge on any atom is 0.156 e. The lowest BCUT2D eigenvalue weighted by Crippen LogP contribution is -2.20. The van der Waals surface area contributed by atoms with Gasteiger partial charge in [0.1, 0.15) is 11.6 Å². The lowest BCUT2D eigenvalue weighted by molar-refractivity contribution is 0.112. The Labute approximate surface area is 169 Å². The molecule has 0 atom stereocenters. The molecule has 4 rings (SSSR count). The van der Waals surface area contributed by atoms with Crippen LogP contribution in [0.4, 0.5) is 0 Å². The summed E-state index contributed by atoms with van der Waals surface area (Å²) in [4.78, 5) is 18.3. The summed E-state index contributed by atoms with van der Waals surface area (Å²) in [7, 11) is 2.05. The van der Waals surface area contributed by atoms with E-state index >= 15 is 0 Å². The zero-order valence-electron chi connectivity index (χ0n) is 15.8. The van der Waals surface area contributed by atoms with Crippen LogP contribution in [0.1, 0.15) is 29.0 Å². The van der Waals surface area contributed by atoms with Crippen molar-refractivity contribution >= 4 is 17.9 Å². The maximum absolute atomic E-state index is 11.2. The minimum absolute atomic E-state index is 0.375. The number of hydrogen-bond acceptors (Lipinski definition) is 4. The van der Waals surface area contributed by atoms with Crippen molar-refractivity contribution in [1.29, 1.82) is 0 Å². The predicted octanol–water partition coefficient (Wildman–Crippen LogP) is 4.94. The molecule has 0 radical (unpaired) electrons. The van der Waals surface area contributed by atoms with Gasteiger partial charge in [0.15, 0.2) is 12.0 Å². The van der Waals surface area contributed by atoms with Crippen molar-refractivity contribution in [1.82, 2.24) is 14.5 Å². The molecule has 3 aromatic rings. The van der Waals surface area contributed by atoms with E-state index in [2.05, 4.69) is 21.5 Å². The van der Waals surface area contributed by atoms with Crippen LogP contribution in [-0.4, -0.2) is 33.8 Å². The molecule has 5 nitrogen and oxygen atoms in total. The summed E-state index contributed by atoms with van der Waals surface area (Å²) >= 11 is 6.18. The number of hydrogen-bond donors (Lipinski definition) is 0. The largest absolute Gasteiger partial charge is 0.455 e. The lowest BCUT2D eigenvalue weighted by atomic mass is 10.1. The Balaban J connectivity index is 1.52. The van der Waals surface area contributed by atoms with E-state index in [1.54, 1.807) is 18.2 Å². The molecule has 6 heteroatoms. The van der Waals surface area contributed by atoms with E-state index in [4.69, 9.17) is 16.3 Å². The molecule has 0 unspecified atom stereocenters. The second kappa shape index (κ2) is 8.17. The first-order valence-electron chi connectivity index (χ1n) is 9.40. The summed E-state index contributed by atoms with van der Waals surface area (Å²) in [5, 5.41) is 0.409. The Morgan fingerprint density at radius 3 is 2.61 bits per heavy atom. The summed E-state index contributed by atoms with van der Waals surface area (Å²) in [5.74, 6) is 2.07. The zero-order valence-corrected chi connectivity index (χ0v) is 16.5. The maximum atomic E-state index is 11.2. The minimum atomic E-state index is 0.375. The number of ether oxygens (including phenoxy) is 1. The van der Waals surface area contributed by atoms with Crippen LogP contribution >= 0.6 is 11.6 Å². The van der Waals surface area contributed by atoms with Gasteiger partial charge >= 0.3 is 0 Å². The van der Waals surface area contributed by atoms with Crippen LogP contribution in [0, 0.1) is 0 Å². The molecule has 2 heterocycles. The first-order valence-corrected chi connectivity index (χ1v) is 9.78. The SMILES string of the molecule is Cn1c(-c2ccc(Oc3c(Cl)cccc3C=O)cc2)cnc1CN1CCCC1. The van der Waals surface area contributed by atoms with Crippen LogP contribution in [0.3, 0.4) is 0 Å². The Kier molecular flexibility index (Phi) is 5.46. The second-order valence-electron chi connectivity index (χ2n) is 7.00. The van der Waals surface area contributed by atoms with Crippen LogP contribution in [0.25, 0.3) is 11.3 Å². The Hall–Kier alpha value is -2.63. The van der Waals surface area contributed by atoms with Gasteiger partial charge in [-0.05, 0) is 62.3 Å². The van der Waals surface area contributed by atoms with Crippen LogP contribution in [0.2, 0.25) is 5.02 Å². The number of carbonyl (C=O) groups excluding carboxylic acids is 1. The van der Waals surface area contributed by atoms with E-state index in [0.717, 1.165) is 43.0 Å². The van der Waals surface area contributed by atoms with E-state index in [0.29, 0.717) is 22.1 Å². The fourth-order valence-corrected chi connectivity index (χ4v) is 3.76. The molecular weight excluding hydrogens is 374 g/mol. The summed E-state index contributed by atoms with van der Waals surface area (Å²) in [6.07, 6.45) is 5.21. The van der Waals surface area contributed by atoms with Crippen LogP contribution in [-0.2, 0) is 13.6 Å². The average molecular weight is 396 g/mol. The van der Waals surface area contributed by atoms with Gasteiger partial charge in [0.25, 0.3) is 0 Å². The molecule has 144 valence electrons. The van der Waals surface area contributed by atoms with Crippen LogP contribution in [0.15, 0.2) is 48.7 Å². The highest BCUT2D eigenvalue weighted by atomic mass is 35.5. The highest BCUT2D eigenvalue weighted by Gasteiger charge is 2.16. The average Bonchev–Trinajstić information content (AvgIpc) is 3.35. The Bertz CT molecular complexity index is 976. The van der Waals surface area contributed by atoms with E-state index in [1.165, 1.54) is 12.8 Å². The number of rotatable bonds is 6. The van der Waals surface area contributed by atoms with Crippen LogP contribution < -0.4 is 4.74 Å². The van der Waals surface area contributed by atoms with Crippen molar-refractivity contribution < 1.29 is 9.53 Å². The fraction of sp³-hybridized carbons (Fsp3) is 0.273. The normalized spacial score (nSPS) is 14.4. The van der Waals surface area contributed by atoms with Crippen LogP contribution in [0.5, 0.6) is 11.5 Å². The quantitative estimate of drug-likeness (QED) is 0.554. The number of carbonyl (C=O) groups is 1. The molecule has 0 saturated carbocycles.